The van der Waals surface area contributed by atoms with Gasteiger partial charge in [-0.3, -0.25) is 14.3 Å². The first-order valence-corrected chi connectivity index (χ1v) is 5.64. The summed E-state index contributed by atoms with van der Waals surface area (Å²) in [6.07, 6.45) is 2.48. The molecular weight excluding hydrogens is 244 g/mol. The van der Waals surface area contributed by atoms with E-state index in [-0.39, 0.29) is 24.8 Å². The second kappa shape index (κ2) is 6.44. The number of carboxylic acids is 1. The highest BCUT2D eigenvalue weighted by molar-refractivity contribution is 5.69. The zero-order valence-corrected chi connectivity index (χ0v) is 10.4. The van der Waals surface area contributed by atoms with E-state index in [1.807, 2.05) is 13.8 Å². The van der Waals surface area contributed by atoms with E-state index in [1.54, 1.807) is 4.90 Å². The first kappa shape index (κ1) is 14.6. The molecule has 0 unspecified atom stereocenters. The van der Waals surface area contributed by atoms with Crippen molar-refractivity contribution in [3.8, 4) is 0 Å². The lowest BCUT2D eigenvalue weighted by molar-refractivity contribution is -0.138. The van der Waals surface area contributed by atoms with Gasteiger partial charge >= 0.3 is 12.5 Å². The number of hydrogen-bond acceptors (Lipinski definition) is 3. The van der Waals surface area contributed by atoms with Gasteiger partial charge in [0, 0.05) is 18.9 Å². The Balaban J connectivity index is 2.75. The van der Waals surface area contributed by atoms with Crippen molar-refractivity contribution < 1.29 is 18.7 Å². The monoisotopic (exact) mass is 261 g/mol. The van der Waals surface area contributed by atoms with E-state index >= 15 is 0 Å². The van der Waals surface area contributed by atoms with Crippen molar-refractivity contribution in [1.29, 1.82) is 0 Å². The fraction of sp³-hybridized carbons (Fsp3) is 0.636. The van der Waals surface area contributed by atoms with Crippen molar-refractivity contribution in [2.24, 2.45) is 5.92 Å². The van der Waals surface area contributed by atoms with Crippen molar-refractivity contribution in [2.75, 3.05) is 13.1 Å². The van der Waals surface area contributed by atoms with Crippen LogP contribution < -0.4 is 0 Å². The van der Waals surface area contributed by atoms with Gasteiger partial charge in [0.05, 0.1) is 13.1 Å². The predicted molar refractivity (Wildman–Crippen MR) is 61.2 cm³/mol. The number of rotatable bonds is 7. The zero-order valence-electron chi connectivity index (χ0n) is 10.4. The number of imidazole rings is 1. The molecule has 0 aliphatic carbocycles. The van der Waals surface area contributed by atoms with Crippen molar-refractivity contribution >= 4 is 5.97 Å². The number of halogens is 2. The van der Waals surface area contributed by atoms with Crippen LogP contribution in [0.4, 0.5) is 8.78 Å². The largest absolute Gasteiger partial charge is 0.480 e. The minimum absolute atomic E-state index is 0.0990. The Kier molecular flexibility index (Phi) is 5.21. The molecule has 5 nitrogen and oxygen atoms in total. The summed E-state index contributed by atoms with van der Waals surface area (Å²) in [5, 5.41) is 8.79. The van der Waals surface area contributed by atoms with Crippen LogP contribution in [0, 0.1) is 5.92 Å². The van der Waals surface area contributed by atoms with Crippen LogP contribution in [0.25, 0.3) is 0 Å². The second-order valence-electron chi connectivity index (χ2n) is 4.49. The van der Waals surface area contributed by atoms with Crippen LogP contribution in [0.3, 0.4) is 0 Å². The van der Waals surface area contributed by atoms with E-state index in [1.165, 1.54) is 12.4 Å². The zero-order chi connectivity index (χ0) is 13.7. The molecule has 0 aliphatic rings. The quantitative estimate of drug-likeness (QED) is 0.813. The molecule has 102 valence electrons. The number of alkyl halides is 2. The van der Waals surface area contributed by atoms with Gasteiger partial charge in [-0.1, -0.05) is 13.8 Å². The Morgan fingerprint density at radius 3 is 2.72 bits per heavy atom. The van der Waals surface area contributed by atoms with Crippen LogP contribution in [0.5, 0.6) is 0 Å². The van der Waals surface area contributed by atoms with Crippen LogP contribution in [0.1, 0.15) is 26.2 Å². The van der Waals surface area contributed by atoms with Gasteiger partial charge in [-0.15, -0.1) is 0 Å². The van der Waals surface area contributed by atoms with Gasteiger partial charge in [0.2, 0.25) is 0 Å². The Hall–Kier alpha value is -1.50. The highest BCUT2D eigenvalue weighted by Crippen LogP contribution is 2.14. The van der Waals surface area contributed by atoms with Gasteiger partial charge in [0.1, 0.15) is 5.82 Å². The molecule has 1 rings (SSSR count). The third-order valence-electron chi connectivity index (χ3n) is 2.31. The Labute approximate surface area is 104 Å². The van der Waals surface area contributed by atoms with Crippen molar-refractivity contribution in [3.05, 3.63) is 18.2 Å². The van der Waals surface area contributed by atoms with E-state index in [4.69, 9.17) is 5.11 Å². The topological polar surface area (TPSA) is 58.4 Å². The fourth-order valence-electron chi connectivity index (χ4n) is 1.74. The molecule has 0 radical (unpaired) electrons. The molecular formula is C11H17F2N3O2. The minimum Gasteiger partial charge on any atom is -0.480 e. The van der Waals surface area contributed by atoms with E-state index in [9.17, 15) is 13.6 Å². The van der Waals surface area contributed by atoms with Gasteiger partial charge < -0.3 is 5.11 Å². The molecule has 0 saturated heterocycles. The Morgan fingerprint density at radius 1 is 1.56 bits per heavy atom. The summed E-state index contributed by atoms with van der Waals surface area (Å²) in [5.74, 6) is -0.558. The summed E-state index contributed by atoms with van der Waals surface area (Å²) in [6.45, 7) is 1.65. The summed E-state index contributed by atoms with van der Waals surface area (Å²) >= 11 is 0. The maximum atomic E-state index is 12.6. The summed E-state index contributed by atoms with van der Waals surface area (Å²) in [7, 11) is 0. The number of aliphatic carboxylic acids is 1. The number of carboxylic acid groups (broad SMARTS) is 1. The van der Waals surface area contributed by atoms with Crippen LogP contribution in [0.15, 0.2) is 12.4 Å². The molecule has 18 heavy (non-hydrogen) atoms. The third kappa shape index (κ3) is 4.40. The van der Waals surface area contributed by atoms with Crippen molar-refractivity contribution in [1.82, 2.24) is 14.5 Å². The lowest BCUT2D eigenvalue weighted by atomic mass is 10.2. The summed E-state index contributed by atoms with van der Waals surface area (Å²) in [6, 6.07) is 0. The summed E-state index contributed by atoms with van der Waals surface area (Å²) in [4.78, 5) is 16.2. The molecule has 7 heteroatoms. The molecule has 1 aromatic rings. The molecule has 0 fully saturated rings. The number of aromatic nitrogens is 2. The van der Waals surface area contributed by atoms with Gasteiger partial charge in [-0.2, -0.15) is 8.78 Å². The molecule has 1 heterocycles. The van der Waals surface area contributed by atoms with Crippen LogP contribution in [0.2, 0.25) is 0 Å². The molecule has 0 bridgehead atoms. The van der Waals surface area contributed by atoms with Gasteiger partial charge in [-0.05, 0) is 5.92 Å². The van der Waals surface area contributed by atoms with E-state index in [0.29, 0.717) is 6.54 Å². The van der Waals surface area contributed by atoms with Gasteiger partial charge in [0.15, 0.2) is 0 Å². The molecule has 1 N–H and O–H groups in total. The Bertz CT molecular complexity index is 393. The van der Waals surface area contributed by atoms with E-state index in [0.717, 1.165) is 4.57 Å². The fourth-order valence-corrected chi connectivity index (χ4v) is 1.74. The van der Waals surface area contributed by atoms with Gasteiger partial charge in [-0.25, -0.2) is 4.98 Å². The number of nitrogens with zero attached hydrogens (tertiary/aromatic N) is 3. The minimum atomic E-state index is -2.66. The highest BCUT2D eigenvalue weighted by Gasteiger charge is 2.17. The lowest BCUT2D eigenvalue weighted by Gasteiger charge is -2.22. The molecule has 0 aromatic carbocycles. The molecule has 0 atom stereocenters. The SMILES string of the molecule is CC(C)CN(CC(=O)O)Cc1nccn1C(F)F. The highest BCUT2D eigenvalue weighted by atomic mass is 19.3. The average molecular weight is 261 g/mol. The predicted octanol–water partition coefficient (Wildman–Crippen LogP) is 1.82. The number of hydrogen-bond donors (Lipinski definition) is 1. The maximum absolute atomic E-state index is 12.6. The summed E-state index contributed by atoms with van der Waals surface area (Å²) in [5.41, 5.74) is 0. The van der Waals surface area contributed by atoms with Crippen LogP contribution >= 0.6 is 0 Å². The van der Waals surface area contributed by atoms with Gasteiger partial charge in [0.25, 0.3) is 0 Å². The average Bonchev–Trinajstić information content (AvgIpc) is 2.63. The van der Waals surface area contributed by atoms with E-state index in [2.05, 4.69) is 4.98 Å². The first-order chi connectivity index (χ1) is 8.40. The van der Waals surface area contributed by atoms with Crippen molar-refractivity contribution in [2.45, 2.75) is 26.9 Å². The second-order valence-corrected chi connectivity index (χ2v) is 4.49. The van der Waals surface area contributed by atoms with Crippen LogP contribution in [-0.2, 0) is 11.3 Å². The normalized spacial score (nSPS) is 11.7. The Morgan fingerprint density at radius 2 is 2.22 bits per heavy atom. The first-order valence-electron chi connectivity index (χ1n) is 5.64. The molecule has 0 aliphatic heterocycles. The number of carbonyl (C=O) groups is 1. The maximum Gasteiger partial charge on any atom is 0.319 e. The van der Waals surface area contributed by atoms with Crippen molar-refractivity contribution in [3.63, 3.8) is 0 Å². The molecule has 1 aromatic heterocycles. The molecule has 0 saturated carbocycles. The smallest absolute Gasteiger partial charge is 0.319 e. The lowest BCUT2D eigenvalue weighted by Crippen LogP contribution is -2.33. The molecule has 0 amide bonds. The van der Waals surface area contributed by atoms with Crippen LogP contribution in [-0.4, -0.2) is 38.6 Å². The third-order valence-corrected chi connectivity index (χ3v) is 2.31. The van der Waals surface area contributed by atoms with E-state index < -0.39 is 12.5 Å². The standard InChI is InChI=1S/C11H17F2N3O2/c1-8(2)5-15(7-10(17)18)6-9-14-3-4-16(9)11(12)13/h3-4,8,11H,5-7H2,1-2H3,(H,17,18). The summed E-state index contributed by atoms with van der Waals surface area (Å²) < 4.78 is 26.0. The molecule has 0 spiro atoms.